The fraction of sp³-hybridized carbons (Fsp3) is 0.143. The molecule has 0 atom stereocenters. The number of hydrogen-bond acceptors (Lipinski definition) is 4. The molecule has 13 heavy (non-hydrogen) atoms. The van der Waals surface area contributed by atoms with Gasteiger partial charge in [-0.1, -0.05) is 0 Å². The van der Waals surface area contributed by atoms with E-state index in [2.05, 4.69) is 21.5 Å². The van der Waals surface area contributed by atoms with E-state index >= 15 is 0 Å². The number of nitrogens with zero attached hydrogens (tertiary/aromatic N) is 1. The summed E-state index contributed by atoms with van der Waals surface area (Å²) >= 11 is 4.44. The van der Waals surface area contributed by atoms with Crippen LogP contribution in [0.4, 0.5) is 5.69 Å². The van der Waals surface area contributed by atoms with E-state index in [1.807, 2.05) is 0 Å². The van der Waals surface area contributed by atoms with Gasteiger partial charge in [0.2, 0.25) is 10.0 Å². The van der Waals surface area contributed by atoms with Crippen LogP contribution in [-0.2, 0) is 22.4 Å². The van der Waals surface area contributed by atoms with E-state index < -0.39 is 10.0 Å². The molecule has 0 unspecified atom stereocenters. The second-order valence-corrected chi connectivity index (χ2v) is 4.36. The first-order chi connectivity index (χ1) is 6.10. The molecule has 1 aromatic rings. The van der Waals surface area contributed by atoms with Gasteiger partial charge < -0.3 is 0 Å². The van der Waals surface area contributed by atoms with Crippen molar-refractivity contribution in [2.24, 2.45) is 4.36 Å². The summed E-state index contributed by atoms with van der Waals surface area (Å²) in [6.45, 7) is 0. The van der Waals surface area contributed by atoms with Crippen LogP contribution in [0.3, 0.4) is 0 Å². The standard InChI is InChI=1S/C7H8N2O2S2/c1-8-13(10,11)7-4-2-6(9-12)3-5-7/h2-5,8H,1H3. The normalized spacial score (nSPS) is 11.2. The minimum absolute atomic E-state index is 0.206. The van der Waals surface area contributed by atoms with Gasteiger partial charge in [0, 0.05) is 12.4 Å². The monoisotopic (exact) mass is 216 g/mol. The second-order valence-electron chi connectivity index (χ2n) is 2.29. The maximum absolute atomic E-state index is 11.2. The molecule has 0 spiro atoms. The minimum atomic E-state index is -3.35. The van der Waals surface area contributed by atoms with Crippen molar-refractivity contribution >= 4 is 28.1 Å². The first-order valence-corrected chi connectivity index (χ1v) is 5.32. The molecule has 0 aliphatic heterocycles. The van der Waals surface area contributed by atoms with Crippen molar-refractivity contribution in [3.05, 3.63) is 24.3 Å². The van der Waals surface area contributed by atoms with E-state index in [-0.39, 0.29) is 4.90 Å². The Kier molecular flexibility index (Phi) is 3.07. The maximum Gasteiger partial charge on any atom is 0.240 e. The van der Waals surface area contributed by atoms with Crippen molar-refractivity contribution in [1.29, 1.82) is 0 Å². The topological polar surface area (TPSA) is 58.5 Å². The summed E-state index contributed by atoms with van der Waals surface area (Å²) in [4.78, 5) is 0.206. The van der Waals surface area contributed by atoms with Crippen LogP contribution in [0.2, 0.25) is 0 Å². The summed E-state index contributed by atoms with van der Waals surface area (Å²) in [6, 6.07) is 6.02. The third-order valence-corrected chi connectivity index (χ3v) is 3.16. The fourth-order valence-electron chi connectivity index (χ4n) is 0.804. The minimum Gasteiger partial charge on any atom is -0.214 e. The van der Waals surface area contributed by atoms with Crippen LogP contribution >= 0.6 is 0 Å². The SMILES string of the molecule is CNS(=O)(=O)c1ccc(N=S)cc1. The van der Waals surface area contributed by atoms with Gasteiger partial charge in [-0.2, -0.15) is 4.36 Å². The van der Waals surface area contributed by atoms with Crippen molar-refractivity contribution < 1.29 is 8.42 Å². The van der Waals surface area contributed by atoms with E-state index in [0.29, 0.717) is 5.69 Å². The molecular formula is C7H8N2O2S2. The van der Waals surface area contributed by atoms with Crippen LogP contribution < -0.4 is 4.72 Å². The highest BCUT2D eigenvalue weighted by molar-refractivity contribution is 7.89. The first kappa shape index (κ1) is 10.2. The summed E-state index contributed by atoms with van der Waals surface area (Å²) in [5, 5.41) is 0. The van der Waals surface area contributed by atoms with Crippen molar-refractivity contribution in [2.45, 2.75) is 4.90 Å². The summed E-state index contributed by atoms with van der Waals surface area (Å²) in [5.41, 5.74) is 0.574. The molecule has 70 valence electrons. The highest BCUT2D eigenvalue weighted by atomic mass is 32.2. The average Bonchev–Trinajstić information content (AvgIpc) is 2.18. The largest absolute Gasteiger partial charge is 0.240 e. The molecule has 0 aliphatic carbocycles. The number of benzene rings is 1. The number of hydrogen-bond donors (Lipinski definition) is 1. The van der Waals surface area contributed by atoms with E-state index in [1.165, 1.54) is 19.2 Å². The van der Waals surface area contributed by atoms with Crippen molar-refractivity contribution in [1.82, 2.24) is 4.72 Å². The lowest BCUT2D eigenvalue weighted by atomic mass is 10.3. The smallest absolute Gasteiger partial charge is 0.214 e. The predicted molar refractivity (Wildman–Crippen MR) is 52.1 cm³/mol. The van der Waals surface area contributed by atoms with Crippen molar-refractivity contribution in [3.8, 4) is 0 Å². The van der Waals surface area contributed by atoms with Gasteiger partial charge in [0.15, 0.2) is 0 Å². The van der Waals surface area contributed by atoms with Crippen LogP contribution in [0, 0.1) is 0 Å². The van der Waals surface area contributed by atoms with Crippen LogP contribution in [0.25, 0.3) is 0 Å². The van der Waals surface area contributed by atoms with Gasteiger partial charge in [0.25, 0.3) is 0 Å². The predicted octanol–water partition coefficient (Wildman–Crippen LogP) is 0.957. The Hall–Kier alpha value is -0.850. The Labute approximate surface area is 82.2 Å². The molecule has 0 heterocycles. The number of sulfonamides is 1. The summed E-state index contributed by atoms with van der Waals surface area (Å²) in [7, 11) is -1.99. The molecular weight excluding hydrogens is 208 g/mol. The average molecular weight is 216 g/mol. The second kappa shape index (κ2) is 3.91. The quantitative estimate of drug-likeness (QED) is 0.818. The van der Waals surface area contributed by atoms with Gasteiger partial charge in [0.1, 0.15) is 0 Å². The summed E-state index contributed by atoms with van der Waals surface area (Å²) in [6.07, 6.45) is 0. The third kappa shape index (κ3) is 2.30. The molecule has 1 rings (SSSR count). The molecule has 1 aromatic carbocycles. The van der Waals surface area contributed by atoms with E-state index in [0.717, 1.165) is 0 Å². The molecule has 0 aromatic heterocycles. The molecule has 0 bridgehead atoms. The Morgan fingerprint density at radius 3 is 2.23 bits per heavy atom. The molecule has 0 fully saturated rings. The van der Waals surface area contributed by atoms with Gasteiger partial charge >= 0.3 is 0 Å². The van der Waals surface area contributed by atoms with Crippen molar-refractivity contribution in [2.75, 3.05) is 7.05 Å². The zero-order valence-corrected chi connectivity index (χ0v) is 8.52. The van der Waals surface area contributed by atoms with E-state index in [9.17, 15) is 8.42 Å². The summed E-state index contributed by atoms with van der Waals surface area (Å²) < 4.78 is 28.2. The van der Waals surface area contributed by atoms with Crippen molar-refractivity contribution in [3.63, 3.8) is 0 Å². The highest BCUT2D eigenvalue weighted by Crippen LogP contribution is 2.15. The van der Waals surface area contributed by atoms with Crippen LogP contribution in [0.1, 0.15) is 0 Å². The van der Waals surface area contributed by atoms with Crippen LogP contribution in [-0.4, -0.2) is 15.5 Å². The van der Waals surface area contributed by atoms with Crippen LogP contribution in [0.15, 0.2) is 33.5 Å². The van der Waals surface area contributed by atoms with Gasteiger partial charge in [0.05, 0.1) is 10.6 Å². The zero-order chi connectivity index (χ0) is 9.90. The Morgan fingerprint density at radius 2 is 1.85 bits per heavy atom. The number of rotatable bonds is 3. The van der Waals surface area contributed by atoms with E-state index in [1.54, 1.807) is 12.1 Å². The molecule has 6 heteroatoms. The number of nitrogens with one attached hydrogen (secondary N) is 1. The summed E-state index contributed by atoms with van der Waals surface area (Å²) in [5.74, 6) is 0. The van der Waals surface area contributed by atoms with Gasteiger partial charge in [-0.15, -0.1) is 0 Å². The zero-order valence-electron chi connectivity index (χ0n) is 6.89. The fourth-order valence-corrected chi connectivity index (χ4v) is 1.66. The van der Waals surface area contributed by atoms with Gasteiger partial charge in [-0.05, 0) is 31.3 Å². The molecule has 1 N–H and O–H groups in total. The highest BCUT2D eigenvalue weighted by Gasteiger charge is 2.09. The Balaban J connectivity index is 3.13. The van der Waals surface area contributed by atoms with E-state index in [4.69, 9.17) is 0 Å². The lowest BCUT2D eigenvalue weighted by Gasteiger charge is -2.01. The maximum atomic E-state index is 11.2. The Morgan fingerprint density at radius 1 is 1.31 bits per heavy atom. The molecule has 0 radical (unpaired) electrons. The van der Waals surface area contributed by atoms with Gasteiger partial charge in [-0.3, -0.25) is 0 Å². The molecule has 0 amide bonds. The van der Waals surface area contributed by atoms with Gasteiger partial charge in [-0.25, -0.2) is 13.1 Å². The molecule has 4 nitrogen and oxygen atoms in total. The third-order valence-electron chi connectivity index (χ3n) is 1.52. The lowest BCUT2D eigenvalue weighted by Crippen LogP contribution is -2.18. The lowest BCUT2D eigenvalue weighted by molar-refractivity contribution is 0.588. The molecule has 0 saturated carbocycles. The van der Waals surface area contributed by atoms with Crippen LogP contribution in [0.5, 0.6) is 0 Å². The first-order valence-electron chi connectivity index (χ1n) is 3.47. The Bertz CT molecular complexity index is 397. The molecule has 0 saturated heterocycles. The molecule has 0 aliphatic rings.